The summed E-state index contributed by atoms with van der Waals surface area (Å²) in [5.74, 6) is 0.615. The first-order valence-corrected chi connectivity index (χ1v) is 5.74. The van der Waals surface area contributed by atoms with Crippen LogP contribution in [-0.4, -0.2) is 35.5 Å². The molecule has 0 aromatic carbocycles. The monoisotopic (exact) mass is 232 g/mol. The minimum absolute atomic E-state index is 0.0410. The van der Waals surface area contributed by atoms with Gasteiger partial charge in [-0.1, -0.05) is 19.1 Å². The fourth-order valence-corrected chi connectivity index (χ4v) is 1.96. The molecule has 1 atom stereocenters. The molecule has 4 heteroatoms. The summed E-state index contributed by atoms with van der Waals surface area (Å²) in [7, 11) is 1.58. The van der Waals surface area contributed by atoms with Crippen molar-refractivity contribution in [2.45, 2.75) is 19.4 Å². The zero-order valence-electron chi connectivity index (χ0n) is 10.1. The Kier molecular flexibility index (Phi) is 3.42. The zero-order chi connectivity index (χ0) is 12.3. The van der Waals surface area contributed by atoms with E-state index in [4.69, 9.17) is 4.74 Å². The molecule has 1 aromatic heterocycles. The van der Waals surface area contributed by atoms with Gasteiger partial charge in [-0.15, -0.1) is 0 Å². The van der Waals surface area contributed by atoms with Crippen molar-refractivity contribution in [1.82, 2.24) is 9.88 Å². The van der Waals surface area contributed by atoms with E-state index in [9.17, 15) is 4.79 Å². The lowest BCUT2D eigenvalue weighted by atomic mass is 10.2. The normalized spacial score (nSPS) is 18.5. The van der Waals surface area contributed by atoms with E-state index in [0.717, 1.165) is 6.42 Å². The molecule has 0 saturated carbocycles. The second-order valence-corrected chi connectivity index (χ2v) is 3.94. The van der Waals surface area contributed by atoms with Gasteiger partial charge in [0.15, 0.2) is 0 Å². The second kappa shape index (κ2) is 4.99. The van der Waals surface area contributed by atoms with Crippen molar-refractivity contribution >= 4 is 5.91 Å². The summed E-state index contributed by atoms with van der Waals surface area (Å²) in [6.07, 6.45) is 6.60. The Hall–Kier alpha value is -1.84. The van der Waals surface area contributed by atoms with E-state index in [0.29, 0.717) is 18.0 Å². The van der Waals surface area contributed by atoms with Crippen LogP contribution in [-0.2, 0) is 0 Å². The molecule has 17 heavy (non-hydrogen) atoms. The summed E-state index contributed by atoms with van der Waals surface area (Å²) in [4.78, 5) is 18.2. The Morgan fingerprint density at radius 3 is 3.18 bits per heavy atom. The van der Waals surface area contributed by atoms with Crippen LogP contribution < -0.4 is 4.74 Å². The molecule has 0 N–H and O–H groups in total. The molecule has 1 unspecified atom stereocenters. The van der Waals surface area contributed by atoms with Crippen LogP contribution >= 0.6 is 0 Å². The van der Waals surface area contributed by atoms with Crippen LogP contribution in [0.2, 0.25) is 0 Å². The highest BCUT2D eigenvalue weighted by Gasteiger charge is 2.25. The topological polar surface area (TPSA) is 42.4 Å². The number of hydrogen-bond donors (Lipinski definition) is 0. The second-order valence-electron chi connectivity index (χ2n) is 3.94. The van der Waals surface area contributed by atoms with Gasteiger partial charge in [0.2, 0.25) is 0 Å². The lowest BCUT2D eigenvalue weighted by Gasteiger charge is -2.23. The molecule has 4 nitrogen and oxygen atoms in total. The van der Waals surface area contributed by atoms with E-state index in [1.807, 2.05) is 11.0 Å². The van der Waals surface area contributed by atoms with E-state index in [2.05, 4.69) is 18.0 Å². The third-order valence-electron chi connectivity index (χ3n) is 2.93. The maximum Gasteiger partial charge on any atom is 0.273 e. The average molecular weight is 232 g/mol. The first kappa shape index (κ1) is 11.6. The van der Waals surface area contributed by atoms with Gasteiger partial charge in [0.05, 0.1) is 13.2 Å². The van der Waals surface area contributed by atoms with E-state index < -0.39 is 0 Å². The molecule has 0 radical (unpaired) electrons. The quantitative estimate of drug-likeness (QED) is 0.747. The minimum Gasteiger partial charge on any atom is -0.497 e. The van der Waals surface area contributed by atoms with Gasteiger partial charge in [0, 0.05) is 18.8 Å². The first-order valence-electron chi connectivity index (χ1n) is 5.74. The summed E-state index contributed by atoms with van der Waals surface area (Å²) in [6, 6.07) is 3.60. The predicted molar refractivity (Wildman–Crippen MR) is 65.0 cm³/mol. The van der Waals surface area contributed by atoms with Gasteiger partial charge < -0.3 is 9.64 Å². The fourth-order valence-electron chi connectivity index (χ4n) is 1.96. The number of pyridine rings is 1. The van der Waals surface area contributed by atoms with Gasteiger partial charge in [-0.3, -0.25) is 9.78 Å². The van der Waals surface area contributed by atoms with Crippen LogP contribution in [0.4, 0.5) is 0 Å². The molecule has 1 aliphatic heterocycles. The Morgan fingerprint density at radius 1 is 1.65 bits per heavy atom. The summed E-state index contributed by atoms with van der Waals surface area (Å²) < 4.78 is 5.09. The number of amides is 1. The molecular formula is C13H16N2O2. The SMILES string of the molecule is CCC1C=CCN1C(=O)c1cc(OC)ccn1. The summed E-state index contributed by atoms with van der Waals surface area (Å²) in [5, 5.41) is 0. The zero-order valence-corrected chi connectivity index (χ0v) is 10.1. The van der Waals surface area contributed by atoms with Gasteiger partial charge >= 0.3 is 0 Å². The van der Waals surface area contributed by atoms with Crippen molar-refractivity contribution in [3.63, 3.8) is 0 Å². The van der Waals surface area contributed by atoms with Crippen molar-refractivity contribution in [3.05, 3.63) is 36.2 Å². The molecule has 1 aliphatic rings. The third-order valence-corrected chi connectivity index (χ3v) is 2.93. The number of methoxy groups -OCH3 is 1. The van der Waals surface area contributed by atoms with Gasteiger partial charge in [-0.25, -0.2) is 0 Å². The molecule has 1 aromatic rings. The molecule has 2 heterocycles. The van der Waals surface area contributed by atoms with E-state index >= 15 is 0 Å². The molecule has 0 saturated heterocycles. The average Bonchev–Trinajstić information content (AvgIpc) is 2.86. The van der Waals surface area contributed by atoms with Crippen LogP contribution in [0.25, 0.3) is 0 Å². The van der Waals surface area contributed by atoms with Crippen LogP contribution in [0, 0.1) is 0 Å². The predicted octanol–water partition coefficient (Wildman–Crippen LogP) is 1.88. The van der Waals surface area contributed by atoms with E-state index in [1.54, 1.807) is 25.4 Å². The number of carbonyl (C=O) groups is 1. The Labute approximate surface area is 101 Å². The van der Waals surface area contributed by atoms with Gasteiger partial charge in [0.25, 0.3) is 5.91 Å². The number of ether oxygens (including phenoxy) is 1. The highest BCUT2D eigenvalue weighted by atomic mass is 16.5. The van der Waals surface area contributed by atoms with Crippen molar-refractivity contribution in [2.24, 2.45) is 0 Å². The van der Waals surface area contributed by atoms with E-state index in [-0.39, 0.29) is 11.9 Å². The van der Waals surface area contributed by atoms with Crippen LogP contribution in [0.3, 0.4) is 0 Å². The maximum atomic E-state index is 12.3. The highest BCUT2D eigenvalue weighted by molar-refractivity contribution is 5.93. The molecular weight excluding hydrogens is 216 g/mol. The summed E-state index contributed by atoms with van der Waals surface area (Å²) in [5.41, 5.74) is 0.437. The fraction of sp³-hybridized carbons (Fsp3) is 0.385. The first-order chi connectivity index (χ1) is 8.26. The molecule has 1 amide bonds. The van der Waals surface area contributed by atoms with Crippen LogP contribution in [0.1, 0.15) is 23.8 Å². The number of nitrogens with zero attached hydrogens (tertiary/aromatic N) is 2. The maximum absolute atomic E-state index is 12.3. The number of aromatic nitrogens is 1. The Balaban J connectivity index is 2.19. The molecule has 90 valence electrons. The number of hydrogen-bond acceptors (Lipinski definition) is 3. The van der Waals surface area contributed by atoms with Crippen molar-refractivity contribution in [3.8, 4) is 5.75 Å². The molecule has 0 bridgehead atoms. The van der Waals surface area contributed by atoms with Gasteiger partial charge in [-0.2, -0.15) is 0 Å². The van der Waals surface area contributed by atoms with Crippen LogP contribution in [0.5, 0.6) is 5.75 Å². The molecule has 0 aliphatic carbocycles. The third kappa shape index (κ3) is 2.30. The van der Waals surface area contributed by atoms with Crippen molar-refractivity contribution in [1.29, 1.82) is 0 Å². The minimum atomic E-state index is -0.0410. The van der Waals surface area contributed by atoms with Gasteiger partial charge in [-0.05, 0) is 12.5 Å². The summed E-state index contributed by atoms with van der Waals surface area (Å²) >= 11 is 0. The van der Waals surface area contributed by atoms with Crippen LogP contribution in [0.15, 0.2) is 30.5 Å². The molecule has 2 rings (SSSR count). The lowest BCUT2D eigenvalue weighted by Crippen LogP contribution is -2.36. The molecule has 0 fully saturated rings. The highest BCUT2D eigenvalue weighted by Crippen LogP contribution is 2.18. The number of rotatable bonds is 3. The molecule has 0 spiro atoms. The Bertz CT molecular complexity index is 443. The Morgan fingerprint density at radius 2 is 2.47 bits per heavy atom. The largest absolute Gasteiger partial charge is 0.497 e. The van der Waals surface area contributed by atoms with E-state index in [1.165, 1.54) is 0 Å². The van der Waals surface area contributed by atoms with Crippen molar-refractivity contribution < 1.29 is 9.53 Å². The number of carbonyl (C=O) groups excluding carboxylic acids is 1. The standard InChI is InChI=1S/C13H16N2O2/c1-3-10-5-4-8-15(10)13(16)12-9-11(17-2)6-7-14-12/h4-7,9-10H,3,8H2,1-2H3. The lowest BCUT2D eigenvalue weighted by molar-refractivity contribution is 0.0741. The summed E-state index contributed by atoms with van der Waals surface area (Å²) in [6.45, 7) is 2.73. The van der Waals surface area contributed by atoms with Crippen molar-refractivity contribution in [2.75, 3.05) is 13.7 Å². The van der Waals surface area contributed by atoms with Gasteiger partial charge in [0.1, 0.15) is 11.4 Å². The smallest absolute Gasteiger partial charge is 0.273 e.